The summed E-state index contributed by atoms with van der Waals surface area (Å²) in [4.78, 5) is 8.18. The van der Waals surface area contributed by atoms with E-state index in [2.05, 4.69) is 252 Å². The summed E-state index contributed by atoms with van der Waals surface area (Å²) >= 11 is 3.79. The highest BCUT2D eigenvalue weighted by Gasteiger charge is 2.58. The molecule has 9 aromatic carbocycles. The molecule has 76 heavy (non-hydrogen) atoms. The Labute approximate surface area is 456 Å². The Morgan fingerprint density at radius 3 is 1.49 bits per heavy atom. The van der Waals surface area contributed by atoms with Crippen molar-refractivity contribution in [3.05, 3.63) is 199 Å². The number of anilines is 8. The number of fused-ring (bicyclic) bond motifs is 13. The normalized spacial score (nSPS) is 18.8. The lowest BCUT2D eigenvalue weighted by molar-refractivity contribution is 0.195. The largest absolute Gasteiger partial charge is 0.334 e. The van der Waals surface area contributed by atoms with Gasteiger partial charge in [-0.2, -0.15) is 0 Å². The highest BCUT2D eigenvalue weighted by Crippen LogP contribution is 2.62. The molecule has 11 aromatic rings. The molecule has 0 amide bonds. The Kier molecular flexibility index (Phi) is 9.85. The number of hydrogen-bond acceptors (Lipinski definition) is 5. The second kappa shape index (κ2) is 16.2. The van der Waals surface area contributed by atoms with Crippen molar-refractivity contribution < 1.29 is 0 Å². The van der Waals surface area contributed by atoms with Crippen molar-refractivity contribution in [2.45, 2.75) is 103 Å². The average Bonchev–Trinajstić information content (AvgIpc) is 4.17. The molecule has 5 heterocycles. The van der Waals surface area contributed by atoms with Crippen LogP contribution in [-0.2, 0) is 16.2 Å². The zero-order valence-electron chi connectivity index (χ0n) is 44.9. The molecule has 0 bridgehead atoms. The van der Waals surface area contributed by atoms with Crippen molar-refractivity contribution in [1.29, 1.82) is 0 Å². The smallest absolute Gasteiger partial charge is 0.252 e. The molecule has 3 nitrogen and oxygen atoms in total. The Bertz CT molecular complexity index is 4020. The van der Waals surface area contributed by atoms with Gasteiger partial charge < -0.3 is 14.7 Å². The van der Waals surface area contributed by atoms with E-state index in [4.69, 9.17) is 0 Å². The predicted octanol–water partition coefficient (Wildman–Crippen LogP) is 18.5. The molecule has 2 aromatic heterocycles. The second-order valence-corrected chi connectivity index (χ2v) is 27.0. The van der Waals surface area contributed by atoms with Gasteiger partial charge in [-0.3, -0.25) is 0 Å². The molecular formula is C70H62BN3S2. The Balaban J connectivity index is 1.07. The van der Waals surface area contributed by atoms with Gasteiger partial charge >= 0.3 is 0 Å². The van der Waals surface area contributed by atoms with Crippen LogP contribution in [0, 0.1) is 0 Å². The summed E-state index contributed by atoms with van der Waals surface area (Å²) in [7, 11) is 0. The van der Waals surface area contributed by atoms with Crippen LogP contribution >= 0.6 is 22.7 Å². The molecule has 1 aliphatic carbocycles. The fourth-order valence-electron chi connectivity index (χ4n) is 14.2. The number of hydrogen-bond donors (Lipinski definition) is 0. The molecule has 1 fully saturated rings. The Morgan fingerprint density at radius 1 is 0.421 bits per heavy atom. The first kappa shape index (κ1) is 46.2. The van der Waals surface area contributed by atoms with E-state index in [-0.39, 0.29) is 28.5 Å². The van der Waals surface area contributed by atoms with Crippen LogP contribution in [0.1, 0.15) is 97.8 Å². The van der Waals surface area contributed by atoms with Gasteiger partial charge in [0.1, 0.15) is 0 Å². The van der Waals surface area contributed by atoms with E-state index < -0.39 is 0 Å². The van der Waals surface area contributed by atoms with Crippen LogP contribution in [0.5, 0.6) is 0 Å². The van der Waals surface area contributed by atoms with Crippen LogP contribution in [0.25, 0.3) is 51.5 Å². The zero-order chi connectivity index (χ0) is 51.6. The topological polar surface area (TPSA) is 9.72 Å². The minimum absolute atomic E-state index is 0.00849. The van der Waals surface area contributed by atoms with E-state index in [9.17, 15) is 0 Å². The van der Waals surface area contributed by atoms with Crippen molar-refractivity contribution in [2.24, 2.45) is 0 Å². The van der Waals surface area contributed by atoms with E-state index in [1.54, 1.807) is 0 Å². The molecule has 3 aliphatic heterocycles. The Morgan fingerprint density at radius 2 is 0.934 bits per heavy atom. The van der Waals surface area contributed by atoms with Crippen molar-refractivity contribution >= 4 is 132 Å². The second-order valence-electron chi connectivity index (χ2n) is 24.9. The first-order chi connectivity index (χ1) is 36.7. The zero-order valence-corrected chi connectivity index (χ0v) is 46.5. The molecule has 372 valence electrons. The van der Waals surface area contributed by atoms with E-state index in [1.807, 2.05) is 22.7 Å². The molecule has 4 aliphatic rings. The van der Waals surface area contributed by atoms with Crippen LogP contribution < -0.4 is 31.1 Å². The molecule has 0 radical (unpaired) electrons. The van der Waals surface area contributed by atoms with Gasteiger partial charge in [0.15, 0.2) is 0 Å². The molecule has 0 spiro atoms. The van der Waals surface area contributed by atoms with Crippen molar-refractivity contribution in [3.8, 4) is 11.1 Å². The van der Waals surface area contributed by atoms with Gasteiger partial charge in [-0.25, -0.2) is 0 Å². The van der Waals surface area contributed by atoms with E-state index in [0.29, 0.717) is 0 Å². The molecule has 1 saturated carbocycles. The third-order valence-corrected chi connectivity index (χ3v) is 20.8. The predicted molar refractivity (Wildman–Crippen MR) is 332 cm³/mol. The van der Waals surface area contributed by atoms with Gasteiger partial charge in [-0.15, -0.1) is 22.7 Å². The number of nitrogens with zero attached hydrogens (tertiary/aromatic N) is 3. The molecular weight excluding hydrogens is 958 g/mol. The van der Waals surface area contributed by atoms with Crippen molar-refractivity contribution in [2.75, 3.05) is 14.7 Å². The van der Waals surface area contributed by atoms with Gasteiger partial charge in [-0.1, -0.05) is 158 Å². The van der Waals surface area contributed by atoms with E-state index >= 15 is 0 Å². The maximum Gasteiger partial charge on any atom is 0.252 e. The molecule has 0 N–H and O–H groups in total. The summed E-state index contributed by atoms with van der Waals surface area (Å²) in [6.07, 6.45) is 4.70. The van der Waals surface area contributed by atoms with Crippen LogP contribution in [0.4, 0.5) is 45.5 Å². The monoisotopic (exact) mass is 1020 g/mol. The highest BCUT2D eigenvalue weighted by molar-refractivity contribution is 7.26. The lowest BCUT2D eigenvalue weighted by atomic mass is 9.33. The quantitative estimate of drug-likeness (QED) is 0.163. The van der Waals surface area contributed by atoms with E-state index in [0.717, 1.165) is 12.8 Å². The van der Waals surface area contributed by atoms with Gasteiger partial charge in [0, 0.05) is 91.3 Å². The van der Waals surface area contributed by atoms with Crippen LogP contribution in [-0.4, -0.2) is 12.3 Å². The van der Waals surface area contributed by atoms with Crippen molar-refractivity contribution in [3.63, 3.8) is 0 Å². The van der Waals surface area contributed by atoms with Crippen LogP contribution in [0.2, 0.25) is 0 Å². The van der Waals surface area contributed by atoms with Gasteiger partial charge in [0.25, 0.3) is 6.71 Å². The first-order valence-electron chi connectivity index (χ1n) is 27.6. The van der Waals surface area contributed by atoms with Crippen LogP contribution in [0.3, 0.4) is 0 Å². The maximum atomic E-state index is 2.83. The standard InChI is InChI=1S/C70H62BN3S2/c1-67(2,3)45-25-29-55-58(37-45)72(47-27-32-64-52(39-47)50-20-12-14-22-62(50)75-64)60-41-49(74-57-31-24-44(43-18-10-9-11-19-43)36-54(57)69(7)34-16-17-35-70(69,74)8)42-61-66(60)71(55)56-30-26-46(68(4,5)6)38-59(56)73(61)48-28-33-65-53(40-48)51-21-13-15-23-63(51)76-65/h9-15,18-33,36-42H,16-17,34-35H2,1-8H3. The van der Waals surface area contributed by atoms with Crippen molar-refractivity contribution in [1.82, 2.24) is 0 Å². The van der Waals surface area contributed by atoms with E-state index in [1.165, 1.54) is 143 Å². The lowest BCUT2D eigenvalue weighted by Crippen LogP contribution is -2.61. The first-order valence-corrected chi connectivity index (χ1v) is 29.2. The third-order valence-electron chi connectivity index (χ3n) is 18.5. The summed E-state index contributed by atoms with van der Waals surface area (Å²) in [6.45, 7) is 19.3. The Hall–Kier alpha value is -7.12. The highest BCUT2D eigenvalue weighted by atomic mass is 32.1. The van der Waals surface area contributed by atoms with Gasteiger partial charge in [0.2, 0.25) is 0 Å². The SMILES string of the molecule is CC(C)(C)c1ccc2c(c1)N(c1ccc3sc4ccccc4c3c1)c1cc(N3c4ccc(-c5ccccc5)cc4C4(C)CCCCC34C)cc3c1B2c1ccc(C(C)(C)C)cc1N3c1ccc2sc3ccccc3c2c1. The number of rotatable bonds is 4. The minimum Gasteiger partial charge on any atom is -0.334 e. The molecule has 2 unspecified atom stereocenters. The van der Waals surface area contributed by atoms with Crippen LogP contribution in [0.15, 0.2) is 182 Å². The lowest BCUT2D eigenvalue weighted by Gasteiger charge is -2.51. The fraction of sp³-hybridized carbons (Fsp3) is 0.229. The molecule has 15 rings (SSSR count). The summed E-state index contributed by atoms with van der Waals surface area (Å²) in [5.74, 6) is 0. The van der Waals surface area contributed by atoms with Gasteiger partial charge in [-0.05, 0) is 160 Å². The molecule has 6 heteroatoms. The number of benzene rings is 9. The molecule has 2 atom stereocenters. The summed E-state index contributed by atoms with van der Waals surface area (Å²) in [5.41, 5.74) is 20.4. The average molecular weight is 1020 g/mol. The minimum atomic E-state index is -0.181. The third kappa shape index (κ3) is 6.59. The maximum absolute atomic E-state index is 2.83. The summed E-state index contributed by atoms with van der Waals surface area (Å²) < 4.78 is 5.29. The number of thiophene rings is 2. The van der Waals surface area contributed by atoms with Gasteiger partial charge in [0.05, 0.1) is 5.54 Å². The molecule has 0 saturated heterocycles. The summed E-state index contributed by atoms with van der Waals surface area (Å²) in [6, 6.07) is 71.1. The summed E-state index contributed by atoms with van der Waals surface area (Å²) in [5, 5.41) is 5.26. The fourth-order valence-corrected chi connectivity index (χ4v) is 16.4.